The van der Waals surface area contributed by atoms with Crippen molar-refractivity contribution >= 4 is 0 Å². The minimum atomic E-state index is -0.0968. The SMILES string of the molecule is Cc1ccc([C@@H](c2ccc(C)o2)c2ccccc2O)cc1. The van der Waals surface area contributed by atoms with Gasteiger partial charge in [0.25, 0.3) is 0 Å². The number of aryl methyl sites for hydroxylation is 2. The van der Waals surface area contributed by atoms with Crippen LogP contribution in [0.25, 0.3) is 0 Å². The van der Waals surface area contributed by atoms with Gasteiger partial charge in [0.15, 0.2) is 0 Å². The number of phenols is 1. The Kier molecular flexibility index (Phi) is 3.53. The number of furan rings is 1. The summed E-state index contributed by atoms with van der Waals surface area (Å²) in [4.78, 5) is 0. The Morgan fingerprint density at radius 2 is 1.57 bits per heavy atom. The van der Waals surface area contributed by atoms with E-state index < -0.39 is 0 Å². The average molecular weight is 278 g/mol. The molecule has 0 fully saturated rings. The number of para-hydroxylation sites is 1. The smallest absolute Gasteiger partial charge is 0.119 e. The zero-order valence-corrected chi connectivity index (χ0v) is 12.2. The first-order valence-electron chi connectivity index (χ1n) is 7.06. The van der Waals surface area contributed by atoms with Crippen molar-refractivity contribution in [1.82, 2.24) is 0 Å². The lowest BCUT2D eigenvalue weighted by molar-refractivity contribution is 0.450. The zero-order valence-electron chi connectivity index (χ0n) is 12.2. The van der Waals surface area contributed by atoms with Gasteiger partial charge in [-0.1, -0.05) is 48.0 Å². The molecular weight excluding hydrogens is 260 g/mol. The maximum atomic E-state index is 10.2. The molecule has 0 aliphatic rings. The lowest BCUT2D eigenvalue weighted by Gasteiger charge is -2.17. The van der Waals surface area contributed by atoms with Crippen molar-refractivity contribution in [3.8, 4) is 5.75 Å². The topological polar surface area (TPSA) is 33.4 Å². The third-order valence-corrected chi connectivity index (χ3v) is 3.70. The second-order valence-electron chi connectivity index (χ2n) is 5.35. The first-order chi connectivity index (χ1) is 10.1. The van der Waals surface area contributed by atoms with E-state index in [9.17, 15) is 5.11 Å². The van der Waals surface area contributed by atoms with Crippen LogP contribution >= 0.6 is 0 Å². The van der Waals surface area contributed by atoms with E-state index >= 15 is 0 Å². The average Bonchev–Trinajstić information content (AvgIpc) is 2.90. The summed E-state index contributed by atoms with van der Waals surface area (Å²) in [5, 5.41) is 10.2. The summed E-state index contributed by atoms with van der Waals surface area (Å²) in [7, 11) is 0. The van der Waals surface area contributed by atoms with Gasteiger partial charge in [-0.3, -0.25) is 0 Å². The van der Waals surface area contributed by atoms with Gasteiger partial charge in [-0.2, -0.15) is 0 Å². The molecule has 2 aromatic carbocycles. The molecule has 1 atom stereocenters. The van der Waals surface area contributed by atoms with Crippen molar-refractivity contribution in [1.29, 1.82) is 0 Å². The number of benzene rings is 2. The molecule has 21 heavy (non-hydrogen) atoms. The van der Waals surface area contributed by atoms with Gasteiger partial charge in [-0.05, 0) is 37.6 Å². The van der Waals surface area contributed by atoms with E-state index in [1.165, 1.54) is 5.56 Å². The minimum absolute atomic E-state index is 0.0968. The van der Waals surface area contributed by atoms with E-state index in [0.29, 0.717) is 0 Å². The lowest BCUT2D eigenvalue weighted by Crippen LogP contribution is -2.02. The van der Waals surface area contributed by atoms with Crippen LogP contribution < -0.4 is 0 Å². The second-order valence-corrected chi connectivity index (χ2v) is 5.35. The van der Waals surface area contributed by atoms with E-state index in [-0.39, 0.29) is 11.7 Å². The molecule has 1 aromatic heterocycles. The summed E-state index contributed by atoms with van der Waals surface area (Å²) in [5.41, 5.74) is 3.18. The van der Waals surface area contributed by atoms with Gasteiger partial charge in [0.05, 0.1) is 5.92 Å². The Morgan fingerprint density at radius 3 is 2.19 bits per heavy atom. The molecule has 106 valence electrons. The summed E-state index contributed by atoms with van der Waals surface area (Å²) in [6.07, 6.45) is 0. The highest BCUT2D eigenvalue weighted by atomic mass is 16.3. The normalized spacial score (nSPS) is 12.3. The van der Waals surface area contributed by atoms with E-state index in [0.717, 1.165) is 22.6 Å². The zero-order chi connectivity index (χ0) is 14.8. The van der Waals surface area contributed by atoms with Crippen LogP contribution in [0, 0.1) is 13.8 Å². The van der Waals surface area contributed by atoms with Gasteiger partial charge in [-0.25, -0.2) is 0 Å². The lowest BCUT2D eigenvalue weighted by atomic mass is 9.88. The molecule has 0 aliphatic heterocycles. The Balaban J connectivity index is 2.15. The minimum Gasteiger partial charge on any atom is -0.508 e. The van der Waals surface area contributed by atoms with Gasteiger partial charge in [0.1, 0.15) is 17.3 Å². The van der Waals surface area contributed by atoms with E-state index in [1.807, 2.05) is 37.3 Å². The maximum Gasteiger partial charge on any atom is 0.119 e. The largest absolute Gasteiger partial charge is 0.508 e. The molecule has 0 spiro atoms. The van der Waals surface area contributed by atoms with Crippen LogP contribution in [0.5, 0.6) is 5.75 Å². The third-order valence-electron chi connectivity index (χ3n) is 3.70. The van der Waals surface area contributed by atoms with Crippen LogP contribution in [0.2, 0.25) is 0 Å². The van der Waals surface area contributed by atoms with Crippen molar-refractivity contribution in [3.63, 3.8) is 0 Å². The Morgan fingerprint density at radius 1 is 0.857 bits per heavy atom. The Labute approximate surface area is 124 Å². The molecule has 0 saturated heterocycles. The molecule has 0 bridgehead atoms. The van der Waals surface area contributed by atoms with Crippen LogP contribution in [0.15, 0.2) is 65.1 Å². The summed E-state index contributed by atoms with van der Waals surface area (Å²) in [5.74, 6) is 1.91. The van der Waals surface area contributed by atoms with Gasteiger partial charge in [0.2, 0.25) is 0 Å². The van der Waals surface area contributed by atoms with E-state index in [4.69, 9.17) is 4.42 Å². The van der Waals surface area contributed by atoms with Crippen molar-refractivity contribution in [2.24, 2.45) is 0 Å². The van der Waals surface area contributed by atoms with Crippen LogP contribution in [0.4, 0.5) is 0 Å². The highest BCUT2D eigenvalue weighted by molar-refractivity contribution is 5.46. The quantitative estimate of drug-likeness (QED) is 0.747. The fourth-order valence-corrected chi connectivity index (χ4v) is 2.60. The fourth-order valence-electron chi connectivity index (χ4n) is 2.60. The Hall–Kier alpha value is -2.48. The van der Waals surface area contributed by atoms with Gasteiger partial charge in [0, 0.05) is 5.56 Å². The molecule has 3 rings (SSSR count). The van der Waals surface area contributed by atoms with Gasteiger partial charge >= 0.3 is 0 Å². The fraction of sp³-hybridized carbons (Fsp3) is 0.158. The number of hydrogen-bond acceptors (Lipinski definition) is 2. The highest BCUT2D eigenvalue weighted by Gasteiger charge is 2.22. The summed E-state index contributed by atoms with van der Waals surface area (Å²) < 4.78 is 5.83. The number of hydrogen-bond donors (Lipinski definition) is 1. The molecule has 0 aliphatic carbocycles. The van der Waals surface area contributed by atoms with Gasteiger partial charge < -0.3 is 9.52 Å². The molecule has 0 unspecified atom stereocenters. The predicted molar refractivity (Wildman–Crippen MR) is 83.7 cm³/mol. The first kappa shape index (κ1) is 13.5. The van der Waals surface area contributed by atoms with Crippen molar-refractivity contribution in [3.05, 3.63) is 88.9 Å². The standard InChI is InChI=1S/C19H18O2/c1-13-7-10-15(11-8-13)19(18-12-9-14(2)21-18)16-5-3-4-6-17(16)20/h3-12,19-20H,1-2H3/t19-/m1/s1. The maximum absolute atomic E-state index is 10.2. The van der Waals surface area contributed by atoms with E-state index in [1.54, 1.807) is 6.07 Å². The van der Waals surface area contributed by atoms with E-state index in [2.05, 4.69) is 31.2 Å². The molecular formula is C19H18O2. The third kappa shape index (κ3) is 2.70. The molecule has 2 nitrogen and oxygen atoms in total. The number of rotatable bonds is 3. The predicted octanol–water partition coefficient (Wildman–Crippen LogP) is 4.78. The van der Waals surface area contributed by atoms with Crippen LogP contribution in [0.3, 0.4) is 0 Å². The molecule has 0 amide bonds. The number of phenolic OH excluding ortho intramolecular Hbond substituents is 1. The molecule has 3 aromatic rings. The molecule has 2 heteroatoms. The summed E-state index contributed by atoms with van der Waals surface area (Å²) in [6.45, 7) is 4.00. The van der Waals surface area contributed by atoms with Crippen molar-refractivity contribution < 1.29 is 9.52 Å². The van der Waals surface area contributed by atoms with Crippen molar-refractivity contribution in [2.45, 2.75) is 19.8 Å². The number of aromatic hydroxyl groups is 1. The van der Waals surface area contributed by atoms with Crippen LogP contribution in [-0.4, -0.2) is 5.11 Å². The highest BCUT2D eigenvalue weighted by Crippen LogP contribution is 2.37. The van der Waals surface area contributed by atoms with Crippen LogP contribution in [0.1, 0.15) is 34.1 Å². The molecule has 0 saturated carbocycles. The monoisotopic (exact) mass is 278 g/mol. The first-order valence-corrected chi connectivity index (χ1v) is 7.06. The van der Waals surface area contributed by atoms with Gasteiger partial charge in [-0.15, -0.1) is 0 Å². The molecule has 0 radical (unpaired) electrons. The van der Waals surface area contributed by atoms with Crippen LogP contribution in [-0.2, 0) is 0 Å². The molecule has 1 heterocycles. The summed E-state index contributed by atoms with van der Waals surface area (Å²) >= 11 is 0. The Bertz CT molecular complexity index is 738. The van der Waals surface area contributed by atoms with Crippen molar-refractivity contribution in [2.75, 3.05) is 0 Å². The molecule has 1 N–H and O–H groups in total. The summed E-state index contributed by atoms with van der Waals surface area (Å²) in [6, 6.07) is 19.7. The second kappa shape index (κ2) is 5.49.